The molecule has 0 heterocycles. The maximum absolute atomic E-state index is 9.87. The summed E-state index contributed by atoms with van der Waals surface area (Å²) in [6.07, 6.45) is -0.361. The fraction of sp³-hybridized carbons (Fsp3) is 0.500. The van der Waals surface area contributed by atoms with E-state index in [1.165, 1.54) is 6.92 Å². The summed E-state index contributed by atoms with van der Waals surface area (Å²) in [7, 11) is 0. The average Bonchev–Trinajstić information content (AvgIpc) is 1.27. The smallest absolute Gasteiger partial charge is 0.310 e. The molecule has 0 aromatic rings. The van der Waals surface area contributed by atoms with Crippen LogP contribution in [0.5, 0.6) is 0 Å². The zero-order valence-corrected chi connectivity index (χ0v) is 8.71. The van der Waals surface area contributed by atoms with Crippen LogP contribution in [0.1, 0.15) is 13.3 Å². The van der Waals surface area contributed by atoms with Crippen LogP contribution in [-0.2, 0) is 36.9 Å². The summed E-state index contributed by atoms with van der Waals surface area (Å²) in [5, 5.41) is 7.86. The zero-order valence-electron chi connectivity index (χ0n) is 4.68. The topological polar surface area (TPSA) is 54.4 Å². The Morgan fingerprint density at radius 2 is 1.88 bits per heavy atom. The van der Waals surface area contributed by atoms with Gasteiger partial charge in [0.2, 0.25) is 0 Å². The normalized spacial score (nSPS) is 7.12. The van der Waals surface area contributed by atoms with Gasteiger partial charge in [0.25, 0.3) is 0 Å². The summed E-state index contributed by atoms with van der Waals surface area (Å²) in [4.78, 5) is 19.5. The van der Waals surface area contributed by atoms with Gasteiger partial charge in [-0.1, -0.05) is 0 Å². The van der Waals surface area contributed by atoms with E-state index in [0.717, 1.165) is 0 Å². The van der Waals surface area contributed by atoms with Crippen LogP contribution in [0.15, 0.2) is 0 Å². The standard InChI is InChI=1S/C4H6O3.Cd/c1-3(5)2-4(6)7;/h2H2,1H3,(H,6,7);. The van der Waals surface area contributed by atoms with Crippen molar-refractivity contribution in [1.82, 2.24) is 0 Å². The predicted molar refractivity (Wildman–Crippen MR) is 22.9 cm³/mol. The Bertz CT molecular complexity index is 87.5. The minimum Gasteiger partial charge on any atom is -0.481 e. The molecule has 0 atom stereocenters. The molecule has 0 spiro atoms. The van der Waals surface area contributed by atoms with E-state index in [1.54, 1.807) is 0 Å². The first-order valence-corrected chi connectivity index (χ1v) is 1.84. The van der Waals surface area contributed by atoms with Crippen molar-refractivity contribution in [2.45, 2.75) is 13.3 Å². The first kappa shape index (κ1) is 10.9. The number of carboxylic acids is 1. The van der Waals surface area contributed by atoms with Gasteiger partial charge in [-0.2, -0.15) is 0 Å². The minimum atomic E-state index is -1.06. The monoisotopic (exact) mass is 216 g/mol. The van der Waals surface area contributed by atoms with Gasteiger partial charge < -0.3 is 5.11 Å². The van der Waals surface area contributed by atoms with E-state index >= 15 is 0 Å². The van der Waals surface area contributed by atoms with Crippen molar-refractivity contribution < 1.29 is 42.0 Å². The van der Waals surface area contributed by atoms with E-state index in [4.69, 9.17) is 5.11 Å². The van der Waals surface area contributed by atoms with Crippen molar-refractivity contribution in [3.8, 4) is 0 Å². The molecule has 0 aliphatic heterocycles. The van der Waals surface area contributed by atoms with Gasteiger partial charge in [-0.25, -0.2) is 0 Å². The molecule has 3 nitrogen and oxygen atoms in total. The summed E-state index contributed by atoms with van der Waals surface area (Å²) < 4.78 is 0. The zero-order chi connectivity index (χ0) is 5.86. The number of ketones is 1. The van der Waals surface area contributed by atoms with Gasteiger partial charge in [-0.15, -0.1) is 0 Å². The summed E-state index contributed by atoms with van der Waals surface area (Å²) in [5.74, 6) is -1.37. The van der Waals surface area contributed by atoms with E-state index in [0.29, 0.717) is 0 Å². The second kappa shape index (κ2) is 5.20. The Kier molecular flexibility index (Phi) is 7.12. The number of carbonyl (C=O) groups is 2. The van der Waals surface area contributed by atoms with Crippen LogP contribution in [0.3, 0.4) is 0 Å². The molecule has 0 unspecified atom stereocenters. The Balaban J connectivity index is 0. The van der Waals surface area contributed by atoms with Gasteiger partial charge in [0.1, 0.15) is 12.2 Å². The molecule has 8 heavy (non-hydrogen) atoms. The Hall–Kier alpha value is 0.0621. The molecule has 42 valence electrons. The van der Waals surface area contributed by atoms with Gasteiger partial charge in [0, 0.05) is 27.3 Å². The molecular formula is C4H6CdO3. The SMILES string of the molecule is CC(=O)CC(=O)O.[Cd]. The van der Waals surface area contributed by atoms with Crippen molar-refractivity contribution in [2.75, 3.05) is 0 Å². The van der Waals surface area contributed by atoms with E-state index in [-0.39, 0.29) is 39.5 Å². The van der Waals surface area contributed by atoms with Gasteiger partial charge in [-0.3, -0.25) is 9.59 Å². The van der Waals surface area contributed by atoms with Crippen LogP contribution in [-0.4, -0.2) is 16.9 Å². The van der Waals surface area contributed by atoms with E-state index in [1.807, 2.05) is 0 Å². The van der Waals surface area contributed by atoms with Crippen LogP contribution in [0.4, 0.5) is 0 Å². The molecule has 0 rings (SSSR count). The molecule has 0 aliphatic carbocycles. The Morgan fingerprint density at radius 3 is 1.88 bits per heavy atom. The fourth-order valence-corrected chi connectivity index (χ4v) is 0.213. The second-order valence-electron chi connectivity index (χ2n) is 1.27. The maximum atomic E-state index is 9.87. The molecule has 0 aromatic carbocycles. The van der Waals surface area contributed by atoms with Crippen LogP contribution < -0.4 is 0 Å². The third-order valence-corrected chi connectivity index (χ3v) is 0.400. The number of Topliss-reactive ketones (excluding diaryl/α,β-unsaturated/α-hetero) is 1. The van der Waals surface area contributed by atoms with E-state index in [9.17, 15) is 9.59 Å². The molecular weight excluding hydrogens is 208 g/mol. The molecule has 0 saturated heterocycles. The third-order valence-electron chi connectivity index (χ3n) is 0.400. The number of carboxylic acid groups (broad SMARTS) is 1. The summed E-state index contributed by atoms with van der Waals surface area (Å²) >= 11 is 0. The molecule has 0 aromatic heterocycles. The van der Waals surface area contributed by atoms with Crippen molar-refractivity contribution >= 4 is 11.8 Å². The maximum Gasteiger partial charge on any atom is 0.310 e. The molecule has 0 saturated carbocycles. The quantitative estimate of drug-likeness (QED) is 0.522. The van der Waals surface area contributed by atoms with Gasteiger partial charge in [0.05, 0.1) is 0 Å². The van der Waals surface area contributed by atoms with Crippen molar-refractivity contribution in [3.05, 3.63) is 0 Å². The van der Waals surface area contributed by atoms with Gasteiger partial charge >= 0.3 is 5.97 Å². The molecule has 0 fully saturated rings. The fourth-order valence-electron chi connectivity index (χ4n) is 0.213. The molecule has 0 aliphatic rings. The number of hydrogen-bond donors (Lipinski definition) is 1. The van der Waals surface area contributed by atoms with Crippen LogP contribution in [0, 0.1) is 0 Å². The Morgan fingerprint density at radius 1 is 1.50 bits per heavy atom. The van der Waals surface area contributed by atoms with Gasteiger partial charge in [-0.05, 0) is 6.92 Å². The van der Waals surface area contributed by atoms with Crippen molar-refractivity contribution in [1.29, 1.82) is 0 Å². The van der Waals surface area contributed by atoms with Crippen LogP contribution in [0.2, 0.25) is 0 Å². The predicted octanol–water partition coefficient (Wildman–Crippen LogP) is 0.0476. The molecule has 1 N–H and O–H groups in total. The first-order chi connectivity index (χ1) is 3.13. The molecule has 4 heteroatoms. The number of carbonyl (C=O) groups excluding carboxylic acids is 1. The molecule has 0 radical (unpaired) electrons. The van der Waals surface area contributed by atoms with Crippen molar-refractivity contribution in [2.24, 2.45) is 0 Å². The largest absolute Gasteiger partial charge is 0.481 e. The molecule has 0 bridgehead atoms. The molecule has 0 amide bonds. The minimum absolute atomic E-state index is 0. The number of hydrogen-bond acceptors (Lipinski definition) is 2. The first-order valence-electron chi connectivity index (χ1n) is 1.84. The van der Waals surface area contributed by atoms with E-state index < -0.39 is 5.97 Å². The van der Waals surface area contributed by atoms with Gasteiger partial charge in [0.15, 0.2) is 0 Å². The summed E-state index contributed by atoms with van der Waals surface area (Å²) in [6.45, 7) is 1.24. The van der Waals surface area contributed by atoms with E-state index in [2.05, 4.69) is 0 Å². The second-order valence-corrected chi connectivity index (χ2v) is 1.27. The summed E-state index contributed by atoms with van der Waals surface area (Å²) in [6, 6.07) is 0. The third kappa shape index (κ3) is 9.41. The number of aliphatic carboxylic acids is 1. The van der Waals surface area contributed by atoms with Crippen LogP contribution >= 0.6 is 0 Å². The Labute approximate surface area is 67.2 Å². The summed E-state index contributed by atoms with van der Waals surface area (Å²) in [5.41, 5.74) is 0. The van der Waals surface area contributed by atoms with Crippen LogP contribution in [0.25, 0.3) is 0 Å². The average molecular weight is 215 g/mol. The van der Waals surface area contributed by atoms with Crippen molar-refractivity contribution in [3.63, 3.8) is 0 Å². The number of rotatable bonds is 2.